The van der Waals surface area contributed by atoms with Crippen LogP contribution in [0.15, 0.2) is 95.4 Å². The largest absolute Gasteiger partial charge is 0.493 e. The number of rotatable bonds is 12. The average Bonchev–Trinajstić information content (AvgIpc) is 3.59. The second kappa shape index (κ2) is 14.0. The van der Waals surface area contributed by atoms with Gasteiger partial charge in [-0.3, -0.25) is 19.8 Å². The molecule has 5 aromatic rings. The standard InChI is InChI=1S/C34H30FN5O8/c1-21-10-12-22(13-11-21)23-6-4-5-9-26(23)39(27-14-15-28(40(44)45)32-31(27)36-48-37-32)29(41)20-47-19-18-46-17-16-38-33(42)25-8-3-2-7-24(25)30(35)34(38)43/h2-15,33,42-43H,16-20H2,1H3. The maximum Gasteiger partial charge on any atom is 0.300 e. The van der Waals surface area contributed by atoms with E-state index >= 15 is 0 Å². The number of nitrogens with zero attached hydrogens (tertiary/aromatic N) is 5. The number of carbonyl (C=O) groups is 1. The summed E-state index contributed by atoms with van der Waals surface area (Å²) in [4.78, 5) is 27.4. The number of nitro groups is 1. The summed E-state index contributed by atoms with van der Waals surface area (Å²) in [5.74, 6) is -2.02. The van der Waals surface area contributed by atoms with Crippen molar-refractivity contribution < 1.29 is 38.4 Å². The fourth-order valence-electron chi connectivity index (χ4n) is 5.50. The fraction of sp³-hybridized carbons (Fsp3) is 0.206. The van der Waals surface area contributed by atoms with Crippen molar-refractivity contribution in [3.8, 4) is 11.1 Å². The SMILES string of the molecule is Cc1ccc(-c2ccccc2N(C(=O)COCCOCCN2C(O)=C(F)c3ccccc3C2O)c2ccc([N+](=O)[O-])c3nonc23)cc1. The number of hydrogen-bond donors (Lipinski definition) is 2. The van der Waals surface area contributed by atoms with Gasteiger partial charge >= 0.3 is 5.69 Å². The molecule has 1 aliphatic rings. The molecule has 1 aliphatic heterocycles. The van der Waals surface area contributed by atoms with E-state index in [9.17, 15) is 29.5 Å². The molecule has 4 aromatic carbocycles. The van der Waals surface area contributed by atoms with Crippen molar-refractivity contribution in [3.63, 3.8) is 0 Å². The molecule has 0 bridgehead atoms. The highest BCUT2D eigenvalue weighted by molar-refractivity contribution is 6.10. The summed E-state index contributed by atoms with van der Waals surface area (Å²) in [6, 6.07) is 24.0. The minimum atomic E-state index is -1.25. The zero-order chi connectivity index (χ0) is 33.8. The number of non-ortho nitro benzene ring substituents is 1. The molecule has 1 aromatic heterocycles. The van der Waals surface area contributed by atoms with Gasteiger partial charge in [0.15, 0.2) is 17.6 Å². The molecule has 0 saturated carbocycles. The normalized spacial score (nSPS) is 14.3. The van der Waals surface area contributed by atoms with Crippen LogP contribution in [0.2, 0.25) is 0 Å². The second-order valence-corrected chi connectivity index (χ2v) is 10.9. The molecule has 0 radical (unpaired) electrons. The lowest BCUT2D eigenvalue weighted by molar-refractivity contribution is -0.383. The minimum absolute atomic E-state index is 0.00193. The molecule has 13 nitrogen and oxygen atoms in total. The van der Waals surface area contributed by atoms with Crippen molar-refractivity contribution in [1.29, 1.82) is 0 Å². The molecule has 6 rings (SSSR count). The molecule has 2 heterocycles. The van der Waals surface area contributed by atoms with Crippen molar-refractivity contribution in [2.24, 2.45) is 0 Å². The quantitative estimate of drug-likeness (QED) is 0.0925. The minimum Gasteiger partial charge on any atom is -0.493 e. The molecule has 14 heteroatoms. The second-order valence-electron chi connectivity index (χ2n) is 10.9. The molecule has 48 heavy (non-hydrogen) atoms. The molecule has 0 aliphatic carbocycles. The lowest BCUT2D eigenvalue weighted by Crippen LogP contribution is -2.35. The number of aryl methyl sites for hydroxylation is 1. The molecule has 246 valence electrons. The molecule has 0 fully saturated rings. The number of benzene rings is 4. The predicted octanol–water partition coefficient (Wildman–Crippen LogP) is 5.96. The smallest absolute Gasteiger partial charge is 0.300 e. The van der Waals surface area contributed by atoms with E-state index in [2.05, 4.69) is 10.3 Å². The Morgan fingerprint density at radius 2 is 1.62 bits per heavy atom. The Hall–Kier alpha value is -5.70. The summed E-state index contributed by atoms with van der Waals surface area (Å²) in [6.45, 7) is 1.63. The Bertz CT molecular complexity index is 2000. The summed E-state index contributed by atoms with van der Waals surface area (Å²) in [6.07, 6.45) is -1.25. The number of anilines is 2. The maximum atomic E-state index is 14.7. The molecular formula is C34H30FN5O8. The Balaban J connectivity index is 1.16. The fourth-order valence-corrected chi connectivity index (χ4v) is 5.50. The van der Waals surface area contributed by atoms with Crippen LogP contribution in [0.3, 0.4) is 0 Å². The zero-order valence-electron chi connectivity index (χ0n) is 25.7. The summed E-state index contributed by atoms with van der Waals surface area (Å²) in [5.41, 5.74) is 3.35. The number of hydrogen-bond acceptors (Lipinski definition) is 11. The van der Waals surface area contributed by atoms with Crippen LogP contribution >= 0.6 is 0 Å². The first-order valence-corrected chi connectivity index (χ1v) is 14.9. The van der Waals surface area contributed by atoms with Crippen LogP contribution in [0.25, 0.3) is 28.0 Å². The average molecular weight is 656 g/mol. The lowest BCUT2D eigenvalue weighted by Gasteiger charge is -2.33. The molecule has 1 amide bonds. The highest BCUT2D eigenvalue weighted by atomic mass is 19.1. The number of halogens is 1. The monoisotopic (exact) mass is 655 g/mol. The van der Waals surface area contributed by atoms with E-state index in [1.165, 1.54) is 23.1 Å². The Morgan fingerprint density at radius 3 is 2.40 bits per heavy atom. The first-order chi connectivity index (χ1) is 23.3. The summed E-state index contributed by atoms with van der Waals surface area (Å²) >= 11 is 0. The van der Waals surface area contributed by atoms with Gasteiger partial charge in [-0.2, -0.15) is 0 Å². The van der Waals surface area contributed by atoms with Crippen molar-refractivity contribution in [1.82, 2.24) is 15.2 Å². The van der Waals surface area contributed by atoms with E-state index in [1.54, 1.807) is 30.3 Å². The van der Waals surface area contributed by atoms with Crippen molar-refractivity contribution in [2.75, 3.05) is 37.9 Å². The molecule has 1 atom stereocenters. The third kappa shape index (κ3) is 6.31. The third-order valence-corrected chi connectivity index (χ3v) is 7.88. The van der Waals surface area contributed by atoms with Crippen molar-refractivity contribution in [3.05, 3.63) is 118 Å². The number of para-hydroxylation sites is 1. The number of amides is 1. The predicted molar refractivity (Wildman–Crippen MR) is 173 cm³/mol. The highest BCUT2D eigenvalue weighted by Gasteiger charge is 2.32. The van der Waals surface area contributed by atoms with Gasteiger partial charge in [0.25, 0.3) is 5.91 Å². The number of nitro benzene ring substituents is 1. The first-order valence-electron chi connectivity index (χ1n) is 14.9. The van der Waals surface area contributed by atoms with Crippen LogP contribution in [0.1, 0.15) is 22.9 Å². The van der Waals surface area contributed by atoms with Crippen LogP contribution < -0.4 is 4.90 Å². The topological polar surface area (TPSA) is 165 Å². The number of aliphatic hydroxyl groups is 2. The molecule has 0 spiro atoms. The van der Waals surface area contributed by atoms with Gasteiger partial charge in [-0.05, 0) is 34.9 Å². The van der Waals surface area contributed by atoms with Crippen molar-refractivity contribution in [2.45, 2.75) is 13.2 Å². The Labute approximate surface area is 273 Å². The molecule has 1 unspecified atom stereocenters. The zero-order valence-corrected chi connectivity index (χ0v) is 25.7. The Kier molecular flexibility index (Phi) is 9.38. The molecule has 0 saturated heterocycles. The summed E-state index contributed by atoms with van der Waals surface area (Å²) in [5, 5.41) is 40.2. The van der Waals surface area contributed by atoms with Gasteiger partial charge in [0.2, 0.25) is 11.4 Å². The number of ether oxygens (including phenoxy) is 2. The number of carbonyl (C=O) groups excluding carboxylic acids is 1. The van der Waals surface area contributed by atoms with Crippen LogP contribution in [0.5, 0.6) is 0 Å². The van der Waals surface area contributed by atoms with E-state index in [-0.39, 0.29) is 54.3 Å². The van der Waals surface area contributed by atoms with E-state index in [0.29, 0.717) is 16.8 Å². The van der Waals surface area contributed by atoms with Gasteiger partial charge in [0.05, 0.1) is 36.1 Å². The maximum absolute atomic E-state index is 14.7. The van der Waals surface area contributed by atoms with Crippen LogP contribution in [-0.2, 0) is 14.3 Å². The van der Waals surface area contributed by atoms with E-state index in [4.69, 9.17) is 14.1 Å². The lowest BCUT2D eigenvalue weighted by atomic mass is 10.0. The number of aromatic nitrogens is 2. The third-order valence-electron chi connectivity index (χ3n) is 7.88. The first kappa shape index (κ1) is 32.2. The summed E-state index contributed by atoms with van der Waals surface area (Å²) in [7, 11) is 0. The summed E-state index contributed by atoms with van der Waals surface area (Å²) < 4.78 is 30.8. The Morgan fingerprint density at radius 1 is 0.938 bits per heavy atom. The number of aliphatic hydroxyl groups excluding tert-OH is 2. The highest BCUT2D eigenvalue weighted by Crippen LogP contribution is 2.40. The molecular weight excluding hydrogens is 625 g/mol. The van der Waals surface area contributed by atoms with Crippen LogP contribution in [-0.4, -0.2) is 69.2 Å². The van der Waals surface area contributed by atoms with Gasteiger partial charge in [-0.15, -0.1) is 0 Å². The molecule has 2 N–H and O–H groups in total. The van der Waals surface area contributed by atoms with E-state index in [1.807, 2.05) is 43.3 Å². The van der Waals surface area contributed by atoms with Crippen LogP contribution in [0.4, 0.5) is 21.5 Å². The van der Waals surface area contributed by atoms with Gasteiger partial charge < -0.3 is 24.6 Å². The van der Waals surface area contributed by atoms with Gasteiger partial charge in [-0.25, -0.2) is 9.02 Å². The van der Waals surface area contributed by atoms with Crippen molar-refractivity contribution >= 4 is 39.8 Å². The number of fused-ring (bicyclic) bond motifs is 2. The van der Waals surface area contributed by atoms with Crippen LogP contribution in [0, 0.1) is 17.0 Å². The van der Waals surface area contributed by atoms with Gasteiger partial charge in [0.1, 0.15) is 6.61 Å². The van der Waals surface area contributed by atoms with Gasteiger partial charge in [0, 0.05) is 29.3 Å². The van der Waals surface area contributed by atoms with E-state index < -0.39 is 35.4 Å². The van der Waals surface area contributed by atoms with E-state index in [0.717, 1.165) is 16.0 Å². The van der Waals surface area contributed by atoms with Gasteiger partial charge in [-0.1, -0.05) is 72.3 Å².